The minimum atomic E-state index is -1.19. The number of aliphatic carboxylic acids is 1. The van der Waals surface area contributed by atoms with Crippen LogP contribution in [0.5, 0.6) is 5.75 Å². The summed E-state index contributed by atoms with van der Waals surface area (Å²) in [6.07, 6.45) is 0. The van der Waals surface area contributed by atoms with Crippen LogP contribution in [0.25, 0.3) is 0 Å². The molecule has 1 aromatic rings. The van der Waals surface area contributed by atoms with Crippen LogP contribution in [0.15, 0.2) is 35.4 Å². The van der Waals surface area contributed by atoms with Gasteiger partial charge >= 0.3 is 5.97 Å². The van der Waals surface area contributed by atoms with E-state index < -0.39 is 11.9 Å². The van der Waals surface area contributed by atoms with Crippen LogP contribution in [0.4, 0.5) is 0 Å². The summed E-state index contributed by atoms with van der Waals surface area (Å²) in [7, 11) is 0. The van der Waals surface area contributed by atoms with E-state index in [-0.39, 0.29) is 12.3 Å². The smallest absolute Gasteiger partial charge is 0.351 e. The van der Waals surface area contributed by atoms with Crippen LogP contribution in [-0.2, 0) is 9.59 Å². The summed E-state index contributed by atoms with van der Waals surface area (Å²) in [5.41, 5.74) is 1.88. The number of nitrogens with one attached hydrogen (secondary N) is 1. The molecule has 0 unspecified atom stereocenters. The Morgan fingerprint density at radius 1 is 1.35 bits per heavy atom. The van der Waals surface area contributed by atoms with Crippen molar-refractivity contribution in [2.75, 3.05) is 6.61 Å². The molecular weight excluding hydrogens is 224 g/mol. The lowest BCUT2D eigenvalue weighted by Gasteiger charge is -2.04. The predicted octanol–water partition coefficient (Wildman–Crippen LogP) is 0.642. The Morgan fingerprint density at radius 2 is 2.00 bits per heavy atom. The Hall–Kier alpha value is -2.37. The third kappa shape index (κ3) is 4.78. The van der Waals surface area contributed by atoms with Gasteiger partial charge in [0.25, 0.3) is 5.91 Å². The van der Waals surface area contributed by atoms with Gasteiger partial charge in [-0.3, -0.25) is 4.79 Å². The van der Waals surface area contributed by atoms with Crippen LogP contribution >= 0.6 is 0 Å². The second-order valence-corrected chi connectivity index (χ2v) is 3.14. The minimum absolute atomic E-state index is 0.196. The molecule has 0 spiro atoms. The third-order valence-corrected chi connectivity index (χ3v) is 1.77. The number of carboxylic acids is 1. The van der Waals surface area contributed by atoms with Crippen molar-refractivity contribution in [3.63, 3.8) is 0 Å². The predicted molar refractivity (Wildman–Crippen MR) is 60.8 cm³/mol. The summed E-state index contributed by atoms with van der Waals surface area (Å²) in [5, 5.41) is 11.9. The average molecular weight is 236 g/mol. The van der Waals surface area contributed by atoms with E-state index in [1.807, 2.05) is 6.07 Å². The molecule has 0 saturated carbocycles. The van der Waals surface area contributed by atoms with Crippen molar-refractivity contribution in [1.29, 1.82) is 0 Å². The molecule has 1 amide bonds. The van der Waals surface area contributed by atoms with Gasteiger partial charge in [-0.1, -0.05) is 18.2 Å². The number of hydrogen-bond donors (Lipinski definition) is 2. The highest BCUT2D eigenvalue weighted by molar-refractivity contribution is 6.34. The zero-order valence-electron chi connectivity index (χ0n) is 9.21. The molecule has 0 fully saturated rings. The fourth-order valence-electron chi connectivity index (χ4n) is 0.892. The van der Waals surface area contributed by atoms with Crippen LogP contribution in [0, 0.1) is 0 Å². The molecule has 0 saturated heterocycles. The first-order chi connectivity index (χ1) is 8.09. The number of rotatable bonds is 5. The molecule has 0 radical (unpaired) electrons. The zero-order valence-corrected chi connectivity index (χ0v) is 9.21. The van der Waals surface area contributed by atoms with E-state index in [1.54, 1.807) is 24.3 Å². The second-order valence-electron chi connectivity index (χ2n) is 3.14. The number of carboxylic acid groups (broad SMARTS) is 1. The van der Waals surface area contributed by atoms with E-state index >= 15 is 0 Å². The number of para-hydroxylation sites is 1. The minimum Gasteiger partial charge on any atom is -0.484 e. The zero-order chi connectivity index (χ0) is 12.7. The van der Waals surface area contributed by atoms with Crippen molar-refractivity contribution >= 4 is 17.6 Å². The van der Waals surface area contributed by atoms with Gasteiger partial charge in [0.15, 0.2) is 6.61 Å². The van der Waals surface area contributed by atoms with Crippen molar-refractivity contribution in [1.82, 2.24) is 5.43 Å². The molecule has 2 N–H and O–H groups in total. The molecule has 0 aromatic heterocycles. The van der Waals surface area contributed by atoms with E-state index in [4.69, 9.17) is 9.84 Å². The average Bonchev–Trinajstić information content (AvgIpc) is 2.34. The molecule has 1 aromatic carbocycles. The number of amides is 1. The number of ether oxygens (including phenoxy) is 1. The number of carbonyl (C=O) groups is 2. The second kappa shape index (κ2) is 6.26. The van der Waals surface area contributed by atoms with E-state index in [2.05, 4.69) is 10.5 Å². The molecule has 6 heteroatoms. The van der Waals surface area contributed by atoms with Crippen LogP contribution in [0.3, 0.4) is 0 Å². The first-order valence-electron chi connectivity index (χ1n) is 4.84. The van der Waals surface area contributed by atoms with E-state index in [0.29, 0.717) is 5.75 Å². The quantitative estimate of drug-likeness (QED) is 0.580. The lowest BCUT2D eigenvalue weighted by Crippen LogP contribution is -2.26. The van der Waals surface area contributed by atoms with Crippen molar-refractivity contribution in [3.8, 4) is 5.75 Å². The summed E-state index contributed by atoms with van der Waals surface area (Å²) in [6, 6.07) is 8.80. The van der Waals surface area contributed by atoms with Crippen LogP contribution in [-0.4, -0.2) is 29.3 Å². The lowest BCUT2D eigenvalue weighted by molar-refractivity contribution is -0.129. The number of hydrogen-bond acceptors (Lipinski definition) is 4. The number of benzene rings is 1. The Morgan fingerprint density at radius 3 is 2.59 bits per heavy atom. The van der Waals surface area contributed by atoms with Gasteiger partial charge in [0.05, 0.1) is 0 Å². The summed E-state index contributed by atoms with van der Waals surface area (Å²) in [4.78, 5) is 21.6. The monoisotopic (exact) mass is 236 g/mol. The van der Waals surface area contributed by atoms with Crippen molar-refractivity contribution in [2.45, 2.75) is 6.92 Å². The van der Waals surface area contributed by atoms with Crippen molar-refractivity contribution in [2.24, 2.45) is 5.10 Å². The number of carbonyl (C=O) groups excluding carboxylic acids is 1. The molecule has 0 aliphatic carbocycles. The number of nitrogens with zero attached hydrogens (tertiary/aromatic N) is 1. The summed E-state index contributed by atoms with van der Waals surface area (Å²) < 4.78 is 5.13. The summed E-state index contributed by atoms with van der Waals surface area (Å²) in [5.74, 6) is -1.15. The van der Waals surface area contributed by atoms with E-state index in [9.17, 15) is 9.59 Å². The molecule has 1 rings (SSSR count). The molecule has 0 atom stereocenters. The van der Waals surface area contributed by atoms with Crippen LogP contribution < -0.4 is 10.2 Å². The molecule has 0 aliphatic heterocycles. The van der Waals surface area contributed by atoms with Gasteiger partial charge in [-0.25, -0.2) is 10.2 Å². The Kier molecular flexibility index (Phi) is 4.68. The van der Waals surface area contributed by atoms with Gasteiger partial charge in [-0.05, 0) is 19.1 Å². The molecular formula is C11H12N2O4. The van der Waals surface area contributed by atoms with E-state index in [1.165, 1.54) is 6.92 Å². The summed E-state index contributed by atoms with van der Waals surface area (Å²) in [6.45, 7) is 1.06. The molecule has 90 valence electrons. The highest BCUT2D eigenvalue weighted by atomic mass is 16.5. The number of hydrazone groups is 1. The van der Waals surface area contributed by atoms with Crippen molar-refractivity contribution < 1.29 is 19.4 Å². The standard InChI is InChI=1S/C11H12N2O4/c1-8(11(15)16)12-13-10(14)7-17-9-5-3-2-4-6-9/h2-6H,7H2,1H3,(H,13,14)(H,15,16). The largest absolute Gasteiger partial charge is 0.484 e. The van der Waals surface area contributed by atoms with Gasteiger partial charge < -0.3 is 9.84 Å². The molecule has 0 bridgehead atoms. The molecule has 6 nitrogen and oxygen atoms in total. The van der Waals surface area contributed by atoms with Gasteiger partial charge in [-0.2, -0.15) is 5.10 Å². The summed E-state index contributed by atoms with van der Waals surface area (Å²) >= 11 is 0. The first kappa shape index (κ1) is 12.7. The van der Waals surface area contributed by atoms with Gasteiger partial charge in [-0.15, -0.1) is 0 Å². The highest BCUT2D eigenvalue weighted by Crippen LogP contribution is 2.07. The first-order valence-corrected chi connectivity index (χ1v) is 4.84. The van der Waals surface area contributed by atoms with Crippen LogP contribution in [0.1, 0.15) is 6.92 Å². The Balaban J connectivity index is 2.36. The molecule has 0 heterocycles. The normalized spacial score (nSPS) is 10.8. The van der Waals surface area contributed by atoms with Crippen LogP contribution in [0.2, 0.25) is 0 Å². The maximum Gasteiger partial charge on any atom is 0.351 e. The SMILES string of the molecule is CC(=NNC(=O)COc1ccccc1)C(=O)O. The topological polar surface area (TPSA) is 88.0 Å². The van der Waals surface area contributed by atoms with Gasteiger partial charge in [0.1, 0.15) is 11.5 Å². The molecule has 17 heavy (non-hydrogen) atoms. The van der Waals surface area contributed by atoms with Gasteiger partial charge in [0.2, 0.25) is 0 Å². The Labute approximate surface area is 97.9 Å². The van der Waals surface area contributed by atoms with Gasteiger partial charge in [0, 0.05) is 0 Å². The third-order valence-electron chi connectivity index (χ3n) is 1.77. The highest BCUT2D eigenvalue weighted by Gasteiger charge is 2.04. The molecule has 0 aliphatic rings. The maximum atomic E-state index is 11.2. The lowest BCUT2D eigenvalue weighted by atomic mass is 10.3. The fraction of sp³-hybridized carbons (Fsp3) is 0.182. The Bertz CT molecular complexity index is 428. The maximum absolute atomic E-state index is 11.2. The fourth-order valence-corrected chi connectivity index (χ4v) is 0.892. The van der Waals surface area contributed by atoms with Crippen molar-refractivity contribution in [3.05, 3.63) is 30.3 Å². The van der Waals surface area contributed by atoms with E-state index in [0.717, 1.165) is 0 Å².